The van der Waals surface area contributed by atoms with Gasteiger partial charge in [0.25, 0.3) is 0 Å². The molecular formula is C12H12N4O2S. The monoisotopic (exact) mass is 276 g/mol. The van der Waals surface area contributed by atoms with Crippen LogP contribution in [0.1, 0.15) is 24.2 Å². The molecule has 7 heteroatoms. The van der Waals surface area contributed by atoms with Crippen molar-refractivity contribution in [3.05, 3.63) is 39.8 Å². The number of aromatic amines is 1. The molecule has 1 aromatic heterocycles. The molecule has 0 amide bonds. The summed E-state index contributed by atoms with van der Waals surface area (Å²) in [6, 6.07) is 7.07. The number of aliphatic hydroxyl groups excluding tert-OH is 1. The highest BCUT2D eigenvalue weighted by molar-refractivity contribution is 7.99. The highest BCUT2D eigenvalue weighted by Crippen LogP contribution is 2.32. The van der Waals surface area contributed by atoms with Crippen LogP contribution in [0.4, 0.5) is 0 Å². The average Bonchev–Trinajstić information content (AvgIpc) is 2.70. The van der Waals surface area contributed by atoms with Crippen molar-refractivity contribution < 1.29 is 5.11 Å². The zero-order chi connectivity index (χ0) is 14.0. The van der Waals surface area contributed by atoms with Crippen molar-refractivity contribution in [2.75, 3.05) is 0 Å². The number of benzene rings is 1. The van der Waals surface area contributed by atoms with Gasteiger partial charge in [-0.25, -0.2) is 9.89 Å². The zero-order valence-corrected chi connectivity index (χ0v) is 11.2. The minimum Gasteiger partial charge on any atom is -0.389 e. The fourth-order valence-corrected chi connectivity index (χ4v) is 2.61. The maximum absolute atomic E-state index is 11.3. The van der Waals surface area contributed by atoms with Crippen LogP contribution in [0, 0.1) is 11.3 Å². The van der Waals surface area contributed by atoms with E-state index < -0.39 is 6.10 Å². The van der Waals surface area contributed by atoms with Crippen LogP contribution in [0.5, 0.6) is 0 Å². The number of aromatic nitrogens is 3. The van der Waals surface area contributed by atoms with Gasteiger partial charge in [0.05, 0.1) is 17.7 Å². The third-order valence-corrected chi connectivity index (χ3v) is 3.75. The van der Waals surface area contributed by atoms with Crippen molar-refractivity contribution in [1.29, 1.82) is 5.26 Å². The van der Waals surface area contributed by atoms with E-state index in [0.717, 1.165) is 0 Å². The largest absolute Gasteiger partial charge is 0.389 e. The van der Waals surface area contributed by atoms with Crippen molar-refractivity contribution >= 4 is 11.8 Å². The molecule has 1 heterocycles. The number of aliphatic hydroxyl groups is 1. The van der Waals surface area contributed by atoms with Gasteiger partial charge in [0.15, 0.2) is 5.16 Å². The summed E-state index contributed by atoms with van der Waals surface area (Å²) in [5, 5.41) is 25.4. The Balaban J connectivity index is 2.46. The van der Waals surface area contributed by atoms with Crippen LogP contribution >= 0.6 is 11.8 Å². The summed E-state index contributed by atoms with van der Waals surface area (Å²) in [5.41, 5.74) is 0.879. The zero-order valence-electron chi connectivity index (χ0n) is 10.4. The SMILES string of the molecule is CC(O)c1ccc(C#N)cc1Sc1n[nH]c(=O)n1C. The van der Waals surface area contributed by atoms with Crippen LogP contribution in [0.15, 0.2) is 33.0 Å². The summed E-state index contributed by atoms with van der Waals surface area (Å²) in [5.74, 6) is 0. The molecular weight excluding hydrogens is 264 g/mol. The lowest BCUT2D eigenvalue weighted by molar-refractivity contribution is 0.196. The van der Waals surface area contributed by atoms with Crippen LogP contribution < -0.4 is 5.69 Å². The van der Waals surface area contributed by atoms with Gasteiger partial charge in [-0.05, 0) is 36.4 Å². The minimum atomic E-state index is -0.661. The summed E-state index contributed by atoms with van der Waals surface area (Å²) >= 11 is 1.23. The number of hydrogen-bond donors (Lipinski definition) is 2. The number of rotatable bonds is 3. The van der Waals surface area contributed by atoms with E-state index in [1.807, 2.05) is 6.07 Å². The Morgan fingerprint density at radius 1 is 1.58 bits per heavy atom. The number of nitrogens with zero attached hydrogens (tertiary/aromatic N) is 3. The van der Waals surface area contributed by atoms with Crippen LogP contribution in [0.3, 0.4) is 0 Å². The first-order valence-electron chi connectivity index (χ1n) is 5.54. The minimum absolute atomic E-state index is 0.308. The first-order chi connectivity index (χ1) is 9.02. The summed E-state index contributed by atoms with van der Waals surface area (Å²) in [6.07, 6.45) is -0.661. The van der Waals surface area contributed by atoms with Gasteiger partial charge in [-0.15, -0.1) is 5.10 Å². The number of nitrogens with one attached hydrogen (secondary N) is 1. The van der Waals surface area contributed by atoms with Gasteiger partial charge in [-0.2, -0.15) is 5.26 Å². The molecule has 0 bridgehead atoms. The van der Waals surface area contributed by atoms with E-state index in [-0.39, 0.29) is 5.69 Å². The predicted octanol–water partition coefficient (Wildman–Crippen LogP) is 1.18. The Bertz CT molecular complexity index is 696. The van der Waals surface area contributed by atoms with Gasteiger partial charge in [-0.1, -0.05) is 6.07 Å². The molecule has 2 aromatic rings. The number of nitriles is 1. The Morgan fingerprint density at radius 2 is 2.32 bits per heavy atom. The van der Waals surface area contributed by atoms with Crippen LogP contribution in [0.25, 0.3) is 0 Å². The van der Waals surface area contributed by atoms with E-state index in [9.17, 15) is 9.90 Å². The Labute approximate surface area is 113 Å². The Morgan fingerprint density at radius 3 is 2.84 bits per heavy atom. The second kappa shape index (κ2) is 5.30. The quantitative estimate of drug-likeness (QED) is 0.878. The van der Waals surface area contributed by atoms with Crippen molar-refractivity contribution in [3.8, 4) is 6.07 Å². The van der Waals surface area contributed by atoms with Gasteiger partial charge in [0, 0.05) is 11.9 Å². The molecule has 98 valence electrons. The molecule has 19 heavy (non-hydrogen) atoms. The molecule has 0 aliphatic rings. The molecule has 0 radical (unpaired) electrons. The fourth-order valence-electron chi connectivity index (χ4n) is 1.56. The normalized spacial score (nSPS) is 12.1. The van der Waals surface area contributed by atoms with Crippen molar-refractivity contribution in [2.24, 2.45) is 7.05 Å². The molecule has 0 aliphatic heterocycles. The fraction of sp³-hybridized carbons (Fsp3) is 0.250. The topological polar surface area (TPSA) is 94.7 Å². The van der Waals surface area contributed by atoms with Gasteiger partial charge in [0.1, 0.15) is 0 Å². The Hall–Kier alpha value is -2.04. The molecule has 0 aliphatic carbocycles. The second-order valence-corrected chi connectivity index (χ2v) is 5.02. The van der Waals surface area contributed by atoms with E-state index >= 15 is 0 Å². The van der Waals surface area contributed by atoms with E-state index in [1.165, 1.54) is 16.3 Å². The van der Waals surface area contributed by atoms with E-state index in [4.69, 9.17) is 5.26 Å². The molecule has 2 rings (SSSR count). The van der Waals surface area contributed by atoms with E-state index in [2.05, 4.69) is 10.2 Å². The molecule has 0 spiro atoms. The Kier molecular flexibility index (Phi) is 3.74. The average molecular weight is 276 g/mol. The maximum atomic E-state index is 11.3. The lowest BCUT2D eigenvalue weighted by Crippen LogP contribution is -2.12. The van der Waals surface area contributed by atoms with Crippen LogP contribution in [-0.4, -0.2) is 19.9 Å². The van der Waals surface area contributed by atoms with Crippen molar-refractivity contribution in [2.45, 2.75) is 23.1 Å². The standard InChI is InChI=1S/C12H12N4O2S/c1-7(17)9-4-3-8(6-13)5-10(9)19-12-15-14-11(18)16(12)2/h3-5,7,17H,1-2H3,(H,14,18). The third-order valence-electron chi connectivity index (χ3n) is 2.63. The molecule has 2 N–H and O–H groups in total. The predicted molar refractivity (Wildman–Crippen MR) is 69.7 cm³/mol. The van der Waals surface area contributed by atoms with Gasteiger partial charge < -0.3 is 5.11 Å². The second-order valence-electron chi connectivity index (χ2n) is 4.01. The molecule has 0 saturated heterocycles. The smallest absolute Gasteiger partial charge is 0.343 e. The van der Waals surface area contributed by atoms with E-state index in [1.54, 1.807) is 32.2 Å². The van der Waals surface area contributed by atoms with Crippen molar-refractivity contribution in [3.63, 3.8) is 0 Å². The summed E-state index contributed by atoms with van der Waals surface area (Å²) in [4.78, 5) is 12.0. The highest BCUT2D eigenvalue weighted by Gasteiger charge is 2.13. The lowest BCUT2D eigenvalue weighted by atomic mass is 10.1. The molecule has 0 saturated carbocycles. The maximum Gasteiger partial charge on any atom is 0.343 e. The lowest BCUT2D eigenvalue weighted by Gasteiger charge is -2.11. The number of H-pyrrole nitrogens is 1. The highest BCUT2D eigenvalue weighted by atomic mass is 32.2. The van der Waals surface area contributed by atoms with Crippen molar-refractivity contribution in [1.82, 2.24) is 14.8 Å². The number of hydrogen-bond acceptors (Lipinski definition) is 5. The summed E-state index contributed by atoms with van der Waals surface area (Å²) in [7, 11) is 1.60. The molecule has 1 atom stereocenters. The van der Waals surface area contributed by atoms with Crippen LogP contribution in [-0.2, 0) is 7.05 Å². The summed E-state index contributed by atoms with van der Waals surface area (Å²) < 4.78 is 1.37. The van der Waals surface area contributed by atoms with Crippen LogP contribution in [0.2, 0.25) is 0 Å². The molecule has 6 nitrogen and oxygen atoms in total. The van der Waals surface area contributed by atoms with Gasteiger partial charge >= 0.3 is 5.69 Å². The van der Waals surface area contributed by atoms with Gasteiger partial charge in [-0.3, -0.25) is 4.57 Å². The molecule has 1 aromatic carbocycles. The first-order valence-corrected chi connectivity index (χ1v) is 6.36. The molecule has 1 unspecified atom stereocenters. The summed E-state index contributed by atoms with van der Waals surface area (Å²) in [6.45, 7) is 1.65. The first kappa shape index (κ1) is 13.4. The van der Waals surface area contributed by atoms with Gasteiger partial charge in [0.2, 0.25) is 0 Å². The van der Waals surface area contributed by atoms with E-state index in [0.29, 0.717) is 21.2 Å². The third kappa shape index (κ3) is 2.70. The molecule has 0 fully saturated rings.